The molecule has 1 N–H and O–H groups in total. The number of likely N-dealkylation sites (tertiary alicyclic amines) is 1. The van der Waals surface area contributed by atoms with E-state index in [1.54, 1.807) is 11.1 Å². The average molecular weight is 314 g/mol. The van der Waals surface area contributed by atoms with Gasteiger partial charge in [0.2, 0.25) is 0 Å². The highest BCUT2D eigenvalue weighted by Crippen LogP contribution is 2.25. The summed E-state index contributed by atoms with van der Waals surface area (Å²) in [7, 11) is 1.98. The molecule has 1 fully saturated rings. The number of nitrogens with zero attached hydrogens (tertiary/aromatic N) is 3. The average Bonchev–Trinajstić information content (AvgIpc) is 3.21. The third-order valence-electron chi connectivity index (χ3n) is 4.29. The Morgan fingerprint density at radius 1 is 1.39 bits per heavy atom. The lowest BCUT2D eigenvalue weighted by Crippen LogP contribution is -2.38. The van der Waals surface area contributed by atoms with Crippen molar-refractivity contribution in [3.8, 4) is 0 Å². The van der Waals surface area contributed by atoms with Gasteiger partial charge in [-0.05, 0) is 18.9 Å². The maximum absolute atomic E-state index is 12.2. The fraction of sp³-hybridized carbons (Fsp3) is 0.412. The Labute approximate surface area is 136 Å². The van der Waals surface area contributed by atoms with E-state index in [0.29, 0.717) is 13.1 Å². The molecular formula is C17H22N4O2. The second kappa shape index (κ2) is 6.83. The first-order chi connectivity index (χ1) is 11.1. The van der Waals surface area contributed by atoms with Crippen LogP contribution in [0.4, 0.5) is 4.79 Å². The van der Waals surface area contributed by atoms with Crippen molar-refractivity contribution in [1.29, 1.82) is 0 Å². The molecule has 1 aromatic heterocycles. The number of amides is 2. The number of hydrogen-bond donors (Lipinski definition) is 1. The van der Waals surface area contributed by atoms with Gasteiger partial charge >= 0.3 is 6.03 Å². The van der Waals surface area contributed by atoms with Gasteiger partial charge in [0.1, 0.15) is 11.9 Å². The standard InChI is InChI=1S/C17H22N4O2/c1-13(14-6-4-3-5-7-14)23-19-17(22)21-10-8-15(12-21)16-18-9-11-20(16)2/h3-7,9,11,13,15H,8,10,12H2,1-2H3,(H,19,22). The Morgan fingerprint density at radius 3 is 2.87 bits per heavy atom. The van der Waals surface area contributed by atoms with E-state index in [1.807, 2.05) is 55.1 Å². The van der Waals surface area contributed by atoms with Crippen molar-refractivity contribution in [3.05, 3.63) is 54.1 Å². The summed E-state index contributed by atoms with van der Waals surface area (Å²) in [5.74, 6) is 1.31. The zero-order valence-electron chi connectivity index (χ0n) is 13.5. The first kappa shape index (κ1) is 15.6. The molecule has 2 aromatic rings. The first-order valence-corrected chi connectivity index (χ1v) is 7.88. The van der Waals surface area contributed by atoms with E-state index in [0.717, 1.165) is 17.8 Å². The monoisotopic (exact) mass is 314 g/mol. The van der Waals surface area contributed by atoms with E-state index < -0.39 is 0 Å². The van der Waals surface area contributed by atoms with Crippen molar-refractivity contribution < 1.29 is 9.63 Å². The highest BCUT2D eigenvalue weighted by Gasteiger charge is 2.29. The predicted octanol–water partition coefficient (Wildman–Crippen LogP) is 2.61. The third-order valence-corrected chi connectivity index (χ3v) is 4.29. The second-order valence-electron chi connectivity index (χ2n) is 5.91. The predicted molar refractivity (Wildman–Crippen MR) is 86.6 cm³/mol. The lowest BCUT2D eigenvalue weighted by Gasteiger charge is -2.19. The van der Waals surface area contributed by atoms with Crippen molar-refractivity contribution in [3.63, 3.8) is 0 Å². The molecule has 1 aromatic carbocycles. The number of hydrogen-bond acceptors (Lipinski definition) is 3. The van der Waals surface area contributed by atoms with Crippen LogP contribution in [0.3, 0.4) is 0 Å². The number of aromatic nitrogens is 2. The van der Waals surface area contributed by atoms with Gasteiger partial charge in [0.25, 0.3) is 0 Å². The Kier molecular flexibility index (Phi) is 4.62. The van der Waals surface area contributed by atoms with Crippen LogP contribution in [0.1, 0.15) is 36.8 Å². The maximum Gasteiger partial charge on any atom is 0.341 e. The second-order valence-corrected chi connectivity index (χ2v) is 5.91. The third kappa shape index (κ3) is 3.53. The number of benzene rings is 1. The van der Waals surface area contributed by atoms with E-state index in [4.69, 9.17) is 4.84 Å². The van der Waals surface area contributed by atoms with Gasteiger partial charge in [0, 0.05) is 38.4 Å². The quantitative estimate of drug-likeness (QED) is 0.883. The van der Waals surface area contributed by atoms with Gasteiger partial charge in [0.15, 0.2) is 0 Å². The molecule has 2 amide bonds. The maximum atomic E-state index is 12.2. The van der Waals surface area contributed by atoms with E-state index in [-0.39, 0.29) is 18.1 Å². The molecule has 122 valence electrons. The van der Waals surface area contributed by atoms with Crippen LogP contribution >= 0.6 is 0 Å². The van der Waals surface area contributed by atoms with Gasteiger partial charge in [-0.3, -0.25) is 4.84 Å². The van der Waals surface area contributed by atoms with Crippen molar-refractivity contribution in [1.82, 2.24) is 19.9 Å². The van der Waals surface area contributed by atoms with E-state index >= 15 is 0 Å². The summed E-state index contributed by atoms with van der Waals surface area (Å²) in [5, 5.41) is 0. The van der Waals surface area contributed by atoms with Gasteiger partial charge in [0.05, 0.1) is 0 Å². The summed E-state index contributed by atoms with van der Waals surface area (Å²) in [6.07, 6.45) is 4.46. The van der Waals surface area contributed by atoms with E-state index in [9.17, 15) is 4.79 Å². The van der Waals surface area contributed by atoms with Crippen LogP contribution in [0.15, 0.2) is 42.7 Å². The Bertz CT molecular complexity index is 656. The number of aryl methyl sites for hydroxylation is 1. The minimum atomic E-state index is -0.190. The van der Waals surface area contributed by atoms with Gasteiger partial charge in [-0.1, -0.05) is 30.3 Å². The molecule has 0 saturated carbocycles. The lowest BCUT2D eigenvalue weighted by atomic mass is 10.1. The summed E-state index contributed by atoms with van der Waals surface area (Å²) >= 11 is 0. The molecule has 0 bridgehead atoms. The molecule has 2 unspecified atom stereocenters. The molecule has 6 heteroatoms. The summed E-state index contributed by atoms with van der Waals surface area (Å²) < 4.78 is 2.01. The largest absolute Gasteiger partial charge is 0.341 e. The van der Waals surface area contributed by atoms with Gasteiger partial charge < -0.3 is 9.47 Å². The highest BCUT2D eigenvalue weighted by molar-refractivity contribution is 5.73. The lowest BCUT2D eigenvalue weighted by molar-refractivity contribution is -0.00255. The molecule has 1 saturated heterocycles. The number of carbonyl (C=O) groups is 1. The van der Waals surface area contributed by atoms with Gasteiger partial charge in [-0.25, -0.2) is 15.3 Å². The number of rotatable bonds is 4. The van der Waals surface area contributed by atoms with Crippen molar-refractivity contribution in [2.45, 2.75) is 25.4 Å². The molecule has 0 aliphatic carbocycles. The zero-order chi connectivity index (χ0) is 16.2. The fourth-order valence-electron chi connectivity index (χ4n) is 2.92. The molecule has 1 aliphatic rings. The van der Waals surface area contributed by atoms with Crippen molar-refractivity contribution >= 4 is 6.03 Å². The molecular weight excluding hydrogens is 292 g/mol. The molecule has 2 atom stereocenters. The van der Waals surface area contributed by atoms with Gasteiger partial charge in [-0.15, -0.1) is 0 Å². The zero-order valence-corrected chi connectivity index (χ0v) is 13.5. The summed E-state index contributed by atoms with van der Waals surface area (Å²) in [6.45, 7) is 3.29. The fourth-order valence-corrected chi connectivity index (χ4v) is 2.92. The number of hydroxylamine groups is 1. The van der Waals surface area contributed by atoms with Crippen LogP contribution < -0.4 is 5.48 Å². The molecule has 2 heterocycles. The molecule has 0 radical (unpaired) electrons. The first-order valence-electron chi connectivity index (χ1n) is 7.88. The summed E-state index contributed by atoms with van der Waals surface area (Å²) in [6, 6.07) is 9.62. The van der Waals surface area contributed by atoms with Crippen LogP contribution in [0.2, 0.25) is 0 Å². The number of imidazole rings is 1. The topological polar surface area (TPSA) is 59.4 Å². The van der Waals surface area contributed by atoms with Crippen LogP contribution in [0.5, 0.6) is 0 Å². The van der Waals surface area contributed by atoms with Gasteiger partial charge in [-0.2, -0.15) is 0 Å². The molecule has 1 aliphatic heterocycles. The van der Waals surface area contributed by atoms with Crippen LogP contribution in [0, 0.1) is 0 Å². The normalized spacial score (nSPS) is 18.9. The molecule has 0 spiro atoms. The molecule has 6 nitrogen and oxygen atoms in total. The number of nitrogens with one attached hydrogen (secondary N) is 1. The highest BCUT2D eigenvalue weighted by atomic mass is 16.7. The Hall–Kier alpha value is -2.34. The summed E-state index contributed by atoms with van der Waals surface area (Å²) in [5.41, 5.74) is 3.59. The minimum absolute atomic E-state index is 0.187. The molecule has 3 rings (SSSR count). The van der Waals surface area contributed by atoms with Crippen molar-refractivity contribution in [2.24, 2.45) is 7.05 Å². The Morgan fingerprint density at radius 2 is 2.17 bits per heavy atom. The smallest absolute Gasteiger partial charge is 0.338 e. The number of carbonyl (C=O) groups excluding carboxylic acids is 1. The van der Waals surface area contributed by atoms with E-state index in [2.05, 4.69) is 10.5 Å². The van der Waals surface area contributed by atoms with Crippen LogP contribution in [-0.4, -0.2) is 33.6 Å². The van der Waals surface area contributed by atoms with Crippen LogP contribution in [-0.2, 0) is 11.9 Å². The van der Waals surface area contributed by atoms with E-state index in [1.165, 1.54) is 0 Å². The minimum Gasteiger partial charge on any atom is -0.338 e. The van der Waals surface area contributed by atoms with Crippen molar-refractivity contribution in [2.75, 3.05) is 13.1 Å². The number of urea groups is 1. The summed E-state index contributed by atoms with van der Waals surface area (Å²) in [4.78, 5) is 23.9. The molecule has 23 heavy (non-hydrogen) atoms. The SMILES string of the molecule is CC(ONC(=O)N1CCC(c2nccn2C)C1)c1ccccc1. The van der Waals surface area contributed by atoms with Crippen LogP contribution in [0.25, 0.3) is 0 Å². The Balaban J connectivity index is 1.51.